The minimum Gasteiger partial charge on any atom is -0.472 e. The van der Waals surface area contributed by atoms with Crippen molar-refractivity contribution in [1.82, 2.24) is 15.5 Å². The van der Waals surface area contributed by atoms with Gasteiger partial charge in [0.25, 0.3) is 0 Å². The van der Waals surface area contributed by atoms with E-state index in [2.05, 4.69) is 10.6 Å². The molecular weight excluding hydrogens is 361 g/mol. The van der Waals surface area contributed by atoms with Crippen molar-refractivity contribution in [3.63, 3.8) is 0 Å². The smallest absolute Gasteiger partial charge is 0.237 e. The Labute approximate surface area is 164 Å². The third-order valence-electron chi connectivity index (χ3n) is 4.82. The van der Waals surface area contributed by atoms with Gasteiger partial charge in [0.1, 0.15) is 5.82 Å². The van der Waals surface area contributed by atoms with Crippen LogP contribution >= 0.6 is 0 Å². The molecule has 6 nitrogen and oxygen atoms in total. The molecule has 1 aromatic carbocycles. The molecule has 1 atom stereocenters. The highest BCUT2D eigenvalue weighted by molar-refractivity contribution is 5.89. The molecule has 28 heavy (non-hydrogen) atoms. The summed E-state index contributed by atoms with van der Waals surface area (Å²) in [6.07, 6.45) is 3.89. The summed E-state index contributed by atoms with van der Waals surface area (Å²) < 4.78 is 18.2. The maximum absolute atomic E-state index is 13.1. The minimum absolute atomic E-state index is 0.0799. The summed E-state index contributed by atoms with van der Waals surface area (Å²) in [6.45, 7) is 5.62. The number of nitrogens with one attached hydrogen (secondary N) is 2. The molecule has 0 spiro atoms. The van der Waals surface area contributed by atoms with Crippen molar-refractivity contribution in [3.05, 3.63) is 59.8 Å². The van der Waals surface area contributed by atoms with Crippen LogP contribution in [0.15, 0.2) is 47.3 Å². The van der Waals surface area contributed by atoms with Crippen molar-refractivity contribution >= 4 is 11.8 Å². The molecule has 2 aromatic rings. The summed E-state index contributed by atoms with van der Waals surface area (Å²) in [5.74, 6) is -0.612. The van der Waals surface area contributed by atoms with Crippen molar-refractivity contribution in [3.8, 4) is 0 Å². The predicted octanol–water partition coefficient (Wildman–Crippen LogP) is 2.25. The van der Waals surface area contributed by atoms with Crippen molar-refractivity contribution in [2.75, 3.05) is 13.1 Å². The lowest BCUT2D eigenvalue weighted by molar-refractivity contribution is -0.134. The van der Waals surface area contributed by atoms with Crippen molar-refractivity contribution in [2.24, 2.45) is 0 Å². The van der Waals surface area contributed by atoms with E-state index in [9.17, 15) is 14.0 Å². The molecule has 1 aliphatic heterocycles. The molecule has 2 amide bonds. The summed E-state index contributed by atoms with van der Waals surface area (Å²) in [5, 5.41) is 5.84. The molecule has 2 heterocycles. The molecule has 150 valence electrons. The standard InChI is InChI=1S/C21H26FN3O3/c1-21(2,12-15-3-5-17(22)6-4-15)24-19(26)11-18-20(27)23-8-9-25(18)13-16-7-10-28-14-16/h3-7,10,14,18H,8-9,11-13H2,1-2H3,(H,23,27)(H,24,26)/t18-/m1/s1. The molecule has 0 saturated carbocycles. The maximum atomic E-state index is 13.1. The van der Waals surface area contributed by atoms with E-state index >= 15 is 0 Å². The average molecular weight is 387 g/mol. The van der Waals surface area contributed by atoms with Gasteiger partial charge >= 0.3 is 0 Å². The number of carbonyl (C=O) groups is 2. The number of benzene rings is 1. The van der Waals surface area contributed by atoms with E-state index in [4.69, 9.17) is 4.42 Å². The fraction of sp³-hybridized carbons (Fsp3) is 0.429. The number of nitrogens with zero attached hydrogens (tertiary/aromatic N) is 1. The van der Waals surface area contributed by atoms with Crippen LogP contribution in [-0.4, -0.2) is 41.4 Å². The third kappa shape index (κ3) is 5.42. The van der Waals surface area contributed by atoms with E-state index in [-0.39, 0.29) is 24.1 Å². The Morgan fingerprint density at radius 1 is 1.29 bits per heavy atom. The van der Waals surface area contributed by atoms with Crippen LogP contribution in [0.5, 0.6) is 0 Å². The normalized spacial score (nSPS) is 18.0. The van der Waals surface area contributed by atoms with Crippen LogP contribution in [0.25, 0.3) is 0 Å². The van der Waals surface area contributed by atoms with E-state index in [0.29, 0.717) is 26.1 Å². The Balaban J connectivity index is 1.60. The van der Waals surface area contributed by atoms with Crippen LogP contribution in [-0.2, 0) is 22.6 Å². The second kappa shape index (κ2) is 8.56. The average Bonchev–Trinajstić information content (AvgIpc) is 3.12. The topological polar surface area (TPSA) is 74.6 Å². The third-order valence-corrected chi connectivity index (χ3v) is 4.82. The number of furan rings is 1. The number of amides is 2. The van der Waals surface area contributed by atoms with E-state index in [1.807, 2.05) is 24.8 Å². The highest BCUT2D eigenvalue weighted by atomic mass is 19.1. The van der Waals surface area contributed by atoms with Gasteiger partial charge in [-0.2, -0.15) is 0 Å². The Bertz CT molecular complexity index is 803. The highest BCUT2D eigenvalue weighted by Crippen LogP contribution is 2.17. The summed E-state index contributed by atoms with van der Waals surface area (Å²) in [6, 6.07) is 7.58. The second-order valence-electron chi connectivity index (χ2n) is 7.85. The van der Waals surface area contributed by atoms with E-state index in [0.717, 1.165) is 11.1 Å². The molecular formula is C21H26FN3O3. The maximum Gasteiger partial charge on any atom is 0.237 e. The molecule has 0 aliphatic carbocycles. The van der Waals surface area contributed by atoms with E-state index < -0.39 is 11.6 Å². The van der Waals surface area contributed by atoms with Gasteiger partial charge in [0.2, 0.25) is 11.8 Å². The molecule has 1 aromatic heterocycles. The Hall–Kier alpha value is -2.67. The number of rotatable bonds is 7. The molecule has 0 bridgehead atoms. The zero-order chi connectivity index (χ0) is 20.1. The number of halogens is 1. The molecule has 0 radical (unpaired) electrons. The fourth-order valence-corrected chi connectivity index (χ4v) is 3.55. The zero-order valence-corrected chi connectivity index (χ0v) is 16.2. The quantitative estimate of drug-likeness (QED) is 0.764. The van der Waals surface area contributed by atoms with Gasteiger partial charge in [0, 0.05) is 30.7 Å². The molecule has 1 aliphatic rings. The summed E-state index contributed by atoms with van der Waals surface area (Å²) >= 11 is 0. The van der Waals surface area contributed by atoms with Gasteiger partial charge < -0.3 is 15.1 Å². The van der Waals surface area contributed by atoms with Crippen molar-refractivity contribution in [1.29, 1.82) is 0 Å². The highest BCUT2D eigenvalue weighted by Gasteiger charge is 2.33. The Morgan fingerprint density at radius 2 is 2.04 bits per heavy atom. The Kier molecular flexibility index (Phi) is 6.14. The lowest BCUT2D eigenvalue weighted by Crippen LogP contribution is -2.57. The van der Waals surface area contributed by atoms with Crippen molar-refractivity contribution in [2.45, 2.75) is 44.8 Å². The van der Waals surface area contributed by atoms with Crippen LogP contribution in [0.3, 0.4) is 0 Å². The number of piperazine rings is 1. The lowest BCUT2D eigenvalue weighted by Gasteiger charge is -2.35. The van der Waals surface area contributed by atoms with Gasteiger partial charge in [-0.25, -0.2) is 4.39 Å². The SMILES string of the molecule is CC(C)(Cc1ccc(F)cc1)NC(=O)C[C@@H]1C(=O)NCCN1Cc1ccoc1. The molecule has 2 N–H and O–H groups in total. The lowest BCUT2D eigenvalue weighted by atomic mass is 9.94. The predicted molar refractivity (Wildman–Crippen MR) is 103 cm³/mol. The molecule has 3 rings (SSSR count). The van der Waals surface area contributed by atoms with Gasteiger partial charge in [-0.05, 0) is 44.0 Å². The molecule has 0 unspecified atom stereocenters. The van der Waals surface area contributed by atoms with E-state index in [1.165, 1.54) is 12.1 Å². The van der Waals surface area contributed by atoms with Gasteiger partial charge in [0.15, 0.2) is 0 Å². The molecule has 7 heteroatoms. The second-order valence-corrected chi connectivity index (χ2v) is 7.85. The van der Waals surface area contributed by atoms with Gasteiger partial charge in [-0.1, -0.05) is 12.1 Å². The van der Waals surface area contributed by atoms with Crippen LogP contribution in [0.1, 0.15) is 31.4 Å². The monoisotopic (exact) mass is 387 g/mol. The summed E-state index contributed by atoms with van der Waals surface area (Å²) in [5.41, 5.74) is 1.38. The van der Waals surface area contributed by atoms with Crippen LogP contribution in [0, 0.1) is 5.82 Å². The molecule has 1 saturated heterocycles. The van der Waals surface area contributed by atoms with Gasteiger partial charge in [-0.3, -0.25) is 14.5 Å². The van der Waals surface area contributed by atoms with Crippen LogP contribution in [0.2, 0.25) is 0 Å². The van der Waals surface area contributed by atoms with Crippen LogP contribution in [0.4, 0.5) is 4.39 Å². The number of carbonyl (C=O) groups excluding carboxylic acids is 2. The number of hydrogen-bond donors (Lipinski definition) is 2. The Morgan fingerprint density at radius 3 is 2.71 bits per heavy atom. The summed E-state index contributed by atoms with van der Waals surface area (Å²) in [7, 11) is 0. The van der Waals surface area contributed by atoms with Crippen molar-refractivity contribution < 1.29 is 18.4 Å². The first-order valence-corrected chi connectivity index (χ1v) is 9.41. The number of hydrogen-bond acceptors (Lipinski definition) is 4. The van der Waals surface area contributed by atoms with E-state index in [1.54, 1.807) is 24.7 Å². The molecule has 1 fully saturated rings. The fourth-order valence-electron chi connectivity index (χ4n) is 3.55. The minimum atomic E-state index is -0.523. The zero-order valence-electron chi connectivity index (χ0n) is 16.2. The van der Waals surface area contributed by atoms with Crippen LogP contribution < -0.4 is 10.6 Å². The first kappa shape index (κ1) is 20.1. The first-order chi connectivity index (χ1) is 13.3. The summed E-state index contributed by atoms with van der Waals surface area (Å²) in [4.78, 5) is 27.0. The van der Waals surface area contributed by atoms with Gasteiger partial charge in [0.05, 0.1) is 25.0 Å². The first-order valence-electron chi connectivity index (χ1n) is 9.41. The largest absolute Gasteiger partial charge is 0.472 e. The van der Waals surface area contributed by atoms with Gasteiger partial charge in [-0.15, -0.1) is 0 Å².